The molecule has 1 aromatic carbocycles. The van der Waals surface area contributed by atoms with E-state index in [1.165, 1.54) is 31.4 Å². The van der Waals surface area contributed by atoms with Gasteiger partial charge in [0.1, 0.15) is 0 Å². The Hall–Kier alpha value is -1.22. The summed E-state index contributed by atoms with van der Waals surface area (Å²) in [6.45, 7) is 1.18. The monoisotopic (exact) mass is 235 g/mol. The Morgan fingerprint density at radius 3 is 2.71 bits per heavy atom. The van der Waals surface area contributed by atoms with E-state index in [1.54, 1.807) is 14.2 Å². The fraction of sp³-hybridized carbons (Fsp3) is 0.571. The number of nitrogens with one attached hydrogen (secondary N) is 1. The summed E-state index contributed by atoms with van der Waals surface area (Å²) in [5, 5.41) is 3.52. The lowest BCUT2D eigenvalue weighted by Crippen LogP contribution is -2.21. The van der Waals surface area contributed by atoms with Gasteiger partial charge in [-0.25, -0.2) is 0 Å². The predicted octanol–water partition coefficient (Wildman–Crippen LogP) is 2.39. The summed E-state index contributed by atoms with van der Waals surface area (Å²) in [7, 11) is 3.35. The lowest BCUT2D eigenvalue weighted by Gasteiger charge is -2.12. The van der Waals surface area contributed by atoms with Crippen molar-refractivity contribution >= 4 is 0 Å². The maximum absolute atomic E-state index is 5.31. The lowest BCUT2D eigenvalue weighted by molar-refractivity contribution is 0.354. The summed E-state index contributed by atoms with van der Waals surface area (Å²) >= 11 is 0. The van der Waals surface area contributed by atoms with E-state index < -0.39 is 0 Å². The van der Waals surface area contributed by atoms with Gasteiger partial charge >= 0.3 is 0 Å². The van der Waals surface area contributed by atoms with E-state index in [0.29, 0.717) is 6.04 Å². The second-order valence-electron chi connectivity index (χ2n) is 4.52. The largest absolute Gasteiger partial charge is 0.493 e. The van der Waals surface area contributed by atoms with Crippen molar-refractivity contribution in [1.82, 2.24) is 5.32 Å². The van der Waals surface area contributed by atoms with Gasteiger partial charge < -0.3 is 14.8 Å². The number of ether oxygens (including phenoxy) is 2. The molecule has 1 fully saturated rings. The zero-order chi connectivity index (χ0) is 12.1. The third kappa shape index (κ3) is 3.13. The Labute approximate surface area is 103 Å². The quantitative estimate of drug-likeness (QED) is 0.850. The fourth-order valence-corrected chi connectivity index (χ4v) is 2.38. The summed E-state index contributed by atoms with van der Waals surface area (Å²) in [6.07, 6.45) is 4.93. The molecule has 1 atom stereocenters. The van der Waals surface area contributed by atoms with E-state index in [9.17, 15) is 0 Å². The molecule has 0 amide bonds. The molecular weight excluding hydrogens is 214 g/mol. The molecule has 94 valence electrons. The fourth-order valence-electron chi connectivity index (χ4n) is 2.38. The molecule has 0 saturated carbocycles. The highest BCUT2D eigenvalue weighted by Crippen LogP contribution is 2.28. The maximum atomic E-state index is 5.31. The van der Waals surface area contributed by atoms with Crippen molar-refractivity contribution in [1.29, 1.82) is 0 Å². The molecule has 3 heteroatoms. The van der Waals surface area contributed by atoms with Gasteiger partial charge in [0.15, 0.2) is 11.5 Å². The van der Waals surface area contributed by atoms with Crippen LogP contribution in [-0.2, 0) is 6.42 Å². The van der Waals surface area contributed by atoms with E-state index in [2.05, 4.69) is 17.4 Å². The normalized spacial score (nSPS) is 19.3. The van der Waals surface area contributed by atoms with Crippen molar-refractivity contribution in [2.45, 2.75) is 31.7 Å². The van der Waals surface area contributed by atoms with Crippen molar-refractivity contribution in [3.8, 4) is 11.5 Å². The van der Waals surface area contributed by atoms with Gasteiger partial charge in [0.25, 0.3) is 0 Å². The molecular formula is C14H21NO2. The van der Waals surface area contributed by atoms with Gasteiger partial charge in [-0.05, 0) is 49.9 Å². The number of rotatable bonds is 5. The number of hydrogen-bond donors (Lipinski definition) is 1. The molecule has 0 aliphatic carbocycles. The molecule has 17 heavy (non-hydrogen) atoms. The van der Waals surface area contributed by atoms with Crippen LogP contribution in [0.1, 0.15) is 24.8 Å². The SMILES string of the molecule is COc1ccc(CCC2CCCN2)cc1OC. The maximum Gasteiger partial charge on any atom is 0.160 e. The van der Waals surface area contributed by atoms with Gasteiger partial charge in [-0.15, -0.1) is 0 Å². The zero-order valence-electron chi connectivity index (χ0n) is 10.7. The molecule has 0 radical (unpaired) electrons. The van der Waals surface area contributed by atoms with E-state index >= 15 is 0 Å². The molecule has 1 aliphatic heterocycles. The number of hydrogen-bond acceptors (Lipinski definition) is 3. The van der Waals surface area contributed by atoms with Gasteiger partial charge in [0.05, 0.1) is 14.2 Å². The van der Waals surface area contributed by atoms with Gasteiger partial charge in [-0.3, -0.25) is 0 Å². The molecule has 1 aromatic rings. The summed E-state index contributed by atoms with van der Waals surface area (Å²) < 4.78 is 10.5. The lowest BCUT2D eigenvalue weighted by atomic mass is 10.0. The van der Waals surface area contributed by atoms with Crippen LogP contribution in [0.5, 0.6) is 11.5 Å². The van der Waals surface area contributed by atoms with Crippen molar-refractivity contribution in [3.63, 3.8) is 0 Å². The molecule has 1 heterocycles. The Bertz CT molecular complexity index is 359. The summed E-state index contributed by atoms with van der Waals surface area (Å²) in [6, 6.07) is 6.88. The van der Waals surface area contributed by atoms with Crippen LogP contribution in [0.4, 0.5) is 0 Å². The molecule has 3 nitrogen and oxygen atoms in total. The van der Waals surface area contributed by atoms with E-state index in [0.717, 1.165) is 17.9 Å². The minimum absolute atomic E-state index is 0.697. The van der Waals surface area contributed by atoms with Crippen LogP contribution in [0.2, 0.25) is 0 Å². The van der Waals surface area contributed by atoms with Crippen LogP contribution < -0.4 is 14.8 Å². The Kier molecular flexibility index (Phi) is 4.26. The van der Waals surface area contributed by atoms with Gasteiger partial charge in [-0.1, -0.05) is 6.07 Å². The number of aryl methyl sites for hydroxylation is 1. The highest BCUT2D eigenvalue weighted by molar-refractivity contribution is 5.42. The van der Waals surface area contributed by atoms with Crippen molar-refractivity contribution < 1.29 is 9.47 Å². The van der Waals surface area contributed by atoms with Gasteiger partial charge in [-0.2, -0.15) is 0 Å². The molecule has 1 saturated heterocycles. The van der Waals surface area contributed by atoms with Crippen molar-refractivity contribution in [3.05, 3.63) is 23.8 Å². The van der Waals surface area contributed by atoms with E-state index in [1.807, 2.05) is 6.07 Å². The molecule has 1 unspecified atom stereocenters. The average molecular weight is 235 g/mol. The summed E-state index contributed by atoms with van der Waals surface area (Å²) in [4.78, 5) is 0. The van der Waals surface area contributed by atoms with Gasteiger partial charge in [0.2, 0.25) is 0 Å². The predicted molar refractivity (Wildman–Crippen MR) is 68.9 cm³/mol. The average Bonchev–Trinajstić information content (AvgIpc) is 2.89. The zero-order valence-corrected chi connectivity index (χ0v) is 10.7. The first-order chi connectivity index (χ1) is 8.33. The molecule has 0 bridgehead atoms. The third-order valence-corrected chi connectivity index (χ3v) is 3.39. The molecule has 1 aliphatic rings. The molecule has 1 N–H and O–H groups in total. The number of methoxy groups -OCH3 is 2. The van der Waals surface area contributed by atoms with Crippen molar-refractivity contribution in [2.24, 2.45) is 0 Å². The topological polar surface area (TPSA) is 30.5 Å². The minimum atomic E-state index is 0.697. The number of benzene rings is 1. The van der Waals surface area contributed by atoms with Crippen LogP contribution >= 0.6 is 0 Å². The van der Waals surface area contributed by atoms with Crippen LogP contribution in [0, 0.1) is 0 Å². The van der Waals surface area contributed by atoms with Crippen LogP contribution in [0.15, 0.2) is 18.2 Å². The standard InChI is InChI=1S/C14H21NO2/c1-16-13-8-6-11(10-14(13)17-2)5-7-12-4-3-9-15-12/h6,8,10,12,15H,3-5,7,9H2,1-2H3. The molecule has 0 spiro atoms. The third-order valence-electron chi connectivity index (χ3n) is 3.39. The first kappa shape index (κ1) is 12.2. The molecule has 0 aromatic heterocycles. The summed E-state index contributed by atoms with van der Waals surface area (Å²) in [5.41, 5.74) is 1.32. The first-order valence-corrected chi connectivity index (χ1v) is 6.28. The Morgan fingerprint density at radius 1 is 1.24 bits per heavy atom. The smallest absolute Gasteiger partial charge is 0.160 e. The minimum Gasteiger partial charge on any atom is -0.493 e. The second kappa shape index (κ2) is 5.92. The second-order valence-corrected chi connectivity index (χ2v) is 4.52. The highest BCUT2D eigenvalue weighted by Gasteiger charge is 2.14. The van der Waals surface area contributed by atoms with Gasteiger partial charge in [0, 0.05) is 6.04 Å². The summed E-state index contributed by atoms with van der Waals surface area (Å²) in [5.74, 6) is 1.62. The van der Waals surface area contributed by atoms with Crippen LogP contribution in [0.25, 0.3) is 0 Å². The Balaban J connectivity index is 1.95. The van der Waals surface area contributed by atoms with Crippen LogP contribution in [-0.4, -0.2) is 26.8 Å². The molecule has 2 rings (SSSR count). The highest BCUT2D eigenvalue weighted by atomic mass is 16.5. The van der Waals surface area contributed by atoms with Crippen LogP contribution in [0.3, 0.4) is 0 Å². The van der Waals surface area contributed by atoms with Crippen molar-refractivity contribution in [2.75, 3.05) is 20.8 Å². The van der Waals surface area contributed by atoms with E-state index in [-0.39, 0.29) is 0 Å². The van der Waals surface area contributed by atoms with E-state index in [4.69, 9.17) is 9.47 Å². The Morgan fingerprint density at radius 2 is 2.06 bits per heavy atom. The first-order valence-electron chi connectivity index (χ1n) is 6.28.